The summed E-state index contributed by atoms with van der Waals surface area (Å²) < 4.78 is 10.0. The fourth-order valence-corrected chi connectivity index (χ4v) is 2.87. The van der Waals surface area contributed by atoms with Crippen molar-refractivity contribution in [3.63, 3.8) is 0 Å². The molecule has 0 saturated carbocycles. The fourth-order valence-electron chi connectivity index (χ4n) is 2.87. The SMILES string of the molecule is COC(=O)[C@@H]1[C@H](c2ccccc2)C(=O)N1c1ccc(OC)cc1. The van der Waals surface area contributed by atoms with Gasteiger partial charge in [0.05, 0.1) is 20.1 Å². The van der Waals surface area contributed by atoms with Gasteiger partial charge < -0.3 is 9.47 Å². The monoisotopic (exact) mass is 311 g/mol. The van der Waals surface area contributed by atoms with E-state index in [4.69, 9.17) is 9.47 Å². The molecule has 5 nitrogen and oxygen atoms in total. The highest BCUT2D eigenvalue weighted by Gasteiger charge is 2.53. The molecule has 0 N–H and O–H groups in total. The maximum Gasteiger partial charge on any atom is 0.330 e. The smallest absolute Gasteiger partial charge is 0.330 e. The number of benzene rings is 2. The largest absolute Gasteiger partial charge is 0.497 e. The molecule has 1 heterocycles. The molecule has 5 heteroatoms. The summed E-state index contributed by atoms with van der Waals surface area (Å²) in [4.78, 5) is 26.3. The Morgan fingerprint density at radius 2 is 1.65 bits per heavy atom. The van der Waals surface area contributed by atoms with E-state index in [9.17, 15) is 9.59 Å². The minimum absolute atomic E-state index is 0.114. The van der Waals surface area contributed by atoms with Crippen molar-refractivity contribution in [3.8, 4) is 5.75 Å². The van der Waals surface area contributed by atoms with Crippen molar-refractivity contribution >= 4 is 17.6 Å². The summed E-state index contributed by atoms with van der Waals surface area (Å²) in [6.07, 6.45) is 0. The van der Waals surface area contributed by atoms with Crippen molar-refractivity contribution in [2.24, 2.45) is 0 Å². The zero-order valence-corrected chi connectivity index (χ0v) is 12.9. The van der Waals surface area contributed by atoms with Crippen LogP contribution in [0.15, 0.2) is 54.6 Å². The highest BCUT2D eigenvalue weighted by Crippen LogP contribution is 2.40. The molecule has 2 aromatic carbocycles. The predicted octanol–water partition coefficient (Wildman–Crippen LogP) is 2.37. The van der Waals surface area contributed by atoms with Gasteiger partial charge in [0.1, 0.15) is 11.8 Å². The minimum Gasteiger partial charge on any atom is -0.497 e. The lowest BCUT2D eigenvalue weighted by atomic mass is 9.81. The molecule has 0 unspecified atom stereocenters. The molecule has 2 atom stereocenters. The maximum atomic E-state index is 12.6. The van der Waals surface area contributed by atoms with E-state index in [1.165, 1.54) is 12.0 Å². The molecule has 3 rings (SSSR count). The molecule has 118 valence electrons. The summed E-state index contributed by atoms with van der Waals surface area (Å²) in [5.74, 6) is -0.354. The summed E-state index contributed by atoms with van der Waals surface area (Å²) in [7, 11) is 2.91. The second-order valence-corrected chi connectivity index (χ2v) is 5.26. The minimum atomic E-state index is -0.650. The Hall–Kier alpha value is -2.82. The van der Waals surface area contributed by atoms with Gasteiger partial charge in [0.15, 0.2) is 0 Å². The number of esters is 1. The lowest BCUT2D eigenvalue weighted by molar-refractivity contribution is -0.149. The van der Waals surface area contributed by atoms with E-state index in [0.717, 1.165) is 5.56 Å². The van der Waals surface area contributed by atoms with Crippen LogP contribution in [0.2, 0.25) is 0 Å². The quantitative estimate of drug-likeness (QED) is 0.642. The number of hydrogen-bond acceptors (Lipinski definition) is 4. The summed E-state index contributed by atoms with van der Waals surface area (Å²) >= 11 is 0. The third-order valence-corrected chi connectivity index (χ3v) is 4.05. The first-order valence-corrected chi connectivity index (χ1v) is 7.27. The topological polar surface area (TPSA) is 55.8 Å². The first kappa shape index (κ1) is 15.1. The number of methoxy groups -OCH3 is 2. The van der Waals surface area contributed by atoms with Crippen molar-refractivity contribution in [2.45, 2.75) is 12.0 Å². The van der Waals surface area contributed by atoms with Crippen LogP contribution >= 0.6 is 0 Å². The number of ether oxygens (including phenoxy) is 2. The third-order valence-electron chi connectivity index (χ3n) is 4.05. The van der Waals surface area contributed by atoms with Gasteiger partial charge in [-0.25, -0.2) is 4.79 Å². The Kier molecular flexibility index (Phi) is 4.02. The molecule has 0 bridgehead atoms. The lowest BCUT2D eigenvalue weighted by Crippen LogP contribution is -2.63. The summed E-state index contributed by atoms with van der Waals surface area (Å²) in [6.45, 7) is 0. The molecule has 2 aromatic rings. The molecule has 0 spiro atoms. The number of hydrogen-bond donors (Lipinski definition) is 0. The average Bonchev–Trinajstić information content (AvgIpc) is 2.60. The molecule has 1 fully saturated rings. The Morgan fingerprint density at radius 1 is 1.00 bits per heavy atom. The number of rotatable bonds is 4. The Morgan fingerprint density at radius 3 is 2.22 bits per heavy atom. The zero-order chi connectivity index (χ0) is 16.4. The summed E-state index contributed by atoms with van der Waals surface area (Å²) in [6, 6.07) is 15.7. The molecule has 0 aromatic heterocycles. The van der Waals surface area contributed by atoms with Crippen LogP contribution in [0, 0.1) is 0 Å². The highest BCUT2D eigenvalue weighted by molar-refractivity contribution is 6.13. The van der Waals surface area contributed by atoms with Gasteiger partial charge in [0.2, 0.25) is 5.91 Å². The van der Waals surface area contributed by atoms with Gasteiger partial charge in [-0.2, -0.15) is 0 Å². The number of anilines is 1. The summed E-state index contributed by atoms with van der Waals surface area (Å²) in [5, 5.41) is 0. The first-order chi connectivity index (χ1) is 11.2. The van der Waals surface area contributed by atoms with E-state index in [2.05, 4.69) is 0 Å². The molecule has 1 saturated heterocycles. The number of amides is 1. The third kappa shape index (κ3) is 2.54. The predicted molar refractivity (Wildman–Crippen MR) is 85.5 cm³/mol. The maximum absolute atomic E-state index is 12.6. The first-order valence-electron chi connectivity index (χ1n) is 7.27. The second-order valence-electron chi connectivity index (χ2n) is 5.26. The van der Waals surface area contributed by atoms with Gasteiger partial charge in [-0.3, -0.25) is 9.69 Å². The van der Waals surface area contributed by atoms with Crippen molar-refractivity contribution in [1.29, 1.82) is 0 Å². The molecule has 1 aliphatic rings. The normalized spacial score (nSPS) is 19.9. The average molecular weight is 311 g/mol. The molecule has 1 amide bonds. The lowest BCUT2D eigenvalue weighted by Gasteiger charge is -2.45. The van der Waals surface area contributed by atoms with E-state index in [0.29, 0.717) is 11.4 Å². The number of nitrogens with zero attached hydrogens (tertiary/aromatic N) is 1. The number of carbonyl (C=O) groups excluding carboxylic acids is 2. The van der Waals surface area contributed by atoms with Crippen LogP contribution in [0.1, 0.15) is 11.5 Å². The molecule has 0 radical (unpaired) electrons. The van der Waals surface area contributed by atoms with Gasteiger partial charge in [-0.05, 0) is 29.8 Å². The van der Waals surface area contributed by atoms with Crippen molar-refractivity contribution < 1.29 is 19.1 Å². The zero-order valence-electron chi connectivity index (χ0n) is 12.9. The van der Waals surface area contributed by atoms with E-state index in [1.54, 1.807) is 31.4 Å². The standard InChI is InChI=1S/C18H17NO4/c1-22-14-10-8-13(9-11-14)19-16(18(21)23-2)15(17(19)20)12-6-4-3-5-7-12/h3-11,15-16H,1-2H3/t15-,16-/m0/s1. The Balaban J connectivity index is 1.94. The number of carbonyl (C=O) groups is 2. The molecule has 23 heavy (non-hydrogen) atoms. The molecular weight excluding hydrogens is 294 g/mol. The van der Waals surface area contributed by atoms with E-state index < -0.39 is 17.9 Å². The van der Waals surface area contributed by atoms with Gasteiger partial charge in [-0.1, -0.05) is 30.3 Å². The van der Waals surface area contributed by atoms with Crippen molar-refractivity contribution in [1.82, 2.24) is 0 Å². The highest BCUT2D eigenvalue weighted by atomic mass is 16.5. The van der Waals surface area contributed by atoms with Crippen LogP contribution in [0.5, 0.6) is 5.75 Å². The van der Waals surface area contributed by atoms with Crippen LogP contribution in [0.3, 0.4) is 0 Å². The van der Waals surface area contributed by atoms with E-state index in [-0.39, 0.29) is 5.91 Å². The number of β-lactam (4-membered cyclic amide) rings is 1. The Labute approximate surface area is 134 Å². The van der Waals surface area contributed by atoms with E-state index >= 15 is 0 Å². The van der Waals surface area contributed by atoms with Crippen LogP contribution in [-0.4, -0.2) is 32.1 Å². The van der Waals surface area contributed by atoms with Gasteiger partial charge in [0.25, 0.3) is 0 Å². The van der Waals surface area contributed by atoms with Gasteiger partial charge in [-0.15, -0.1) is 0 Å². The van der Waals surface area contributed by atoms with Crippen LogP contribution in [-0.2, 0) is 14.3 Å². The van der Waals surface area contributed by atoms with E-state index in [1.807, 2.05) is 30.3 Å². The Bertz CT molecular complexity index is 712. The van der Waals surface area contributed by atoms with Gasteiger partial charge in [0, 0.05) is 5.69 Å². The van der Waals surface area contributed by atoms with Crippen LogP contribution in [0.4, 0.5) is 5.69 Å². The molecular formula is C18H17NO4. The molecule has 0 aliphatic carbocycles. The van der Waals surface area contributed by atoms with Crippen LogP contribution < -0.4 is 9.64 Å². The van der Waals surface area contributed by atoms with Crippen molar-refractivity contribution in [3.05, 3.63) is 60.2 Å². The second kappa shape index (κ2) is 6.12. The van der Waals surface area contributed by atoms with Crippen LogP contribution in [0.25, 0.3) is 0 Å². The summed E-state index contributed by atoms with van der Waals surface area (Å²) in [5.41, 5.74) is 1.47. The fraction of sp³-hybridized carbons (Fsp3) is 0.222. The van der Waals surface area contributed by atoms with Gasteiger partial charge >= 0.3 is 5.97 Å². The molecule has 1 aliphatic heterocycles. The van der Waals surface area contributed by atoms with Crippen molar-refractivity contribution in [2.75, 3.05) is 19.1 Å².